The first-order valence-corrected chi connectivity index (χ1v) is 4.11. The Morgan fingerprint density at radius 3 is 2.91 bits per heavy atom. The molecule has 1 rings (SSSR count). The molecule has 0 aromatic carbocycles. The Morgan fingerprint density at radius 2 is 2.45 bits per heavy atom. The summed E-state index contributed by atoms with van der Waals surface area (Å²) in [7, 11) is 0. The SMILES string of the molecule is NC(CO)Cc1cc(Br)co1. The van der Waals surface area contributed by atoms with Gasteiger partial charge >= 0.3 is 0 Å². The van der Waals surface area contributed by atoms with E-state index in [0.29, 0.717) is 6.42 Å². The molecule has 3 nitrogen and oxygen atoms in total. The summed E-state index contributed by atoms with van der Waals surface area (Å²) < 4.78 is 6.00. The van der Waals surface area contributed by atoms with E-state index in [1.54, 1.807) is 6.26 Å². The maximum absolute atomic E-state index is 8.62. The Balaban J connectivity index is 2.50. The molecule has 1 atom stereocenters. The molecule has 4 heteroatoms. The van der Waals surface area contributed by atoms with E-state index in [-0.39, 0.29) is 12.6 Å². The molecule has 0 radical (unpaired) electrons. The van der Waals surface area contributed by atoms with Crippen LogP contribution in [0, 0.1) is 0 Å². The van der Waals surface area contributed by atoms with E-state index in [9.17, 15) is 0 Å². The largest absolute Gasteiger partial charge is 0.468 e. The van der Waals surface area contributed by atoms with Crippen LogP contribution in [0.3, 0.4) is 0 Å². The molecule has 0 aliphatic rings. The number of aliphatic hydroxyl groups excluding tert-OH is 1. The Morgan fingerprint density at radius 1 is 1.73 bits per heavy atom. The topological polar surface area (TPSA) is 59.4 Å². The number of aliphatic hydroxyl groups is 1. The average Bonchev–Trinajstić information content (AvgIpc) is 2.35. The van der Waals surface area contributed by atoms with Crippen molar-refractivity contribution in [2.24, 2.45) is 5.73 Å². The summed E-state index contributed by atoms with van der Waals surface area (Å²) in [6.45, 7) is -0.0156. The third-order valence-electron chi connectivity index (χ3n) is 1.32. The molecule has 1 heterocycles. The second-order valence-corrected chi connectivity index (χ2v) is 3.29. The Labute approximate surface area is 73.3 Å². The standard InChI is InChI=1S/C7H10BrNO2/c8-5-1-7(11-4-5)2-6(9)3-10/h1,4,6,10H,2-3,9H2. The van der Waals surface area contributed by atoms with Crippen molar-refractivity contribution in [1.82, 2.24) is 0 Å². The second kappa shape index (κ2) is 3.90. The molecule has 11 heavy (non-hydrogen) atoms. The van der Waals surface area contributed by atoms with Crippen LogP contribution in [0.2, 0.25) is 0 Å². The average molecular weight is 220 g/mol. The van der Waals surface area contributed by atoms with Gasteiger partial charge in [0.1, 0.15) is 12.0 Å². The van der Waals surface area contributed by atoms with Crippen LogP contribution in [-0.4, -0.2) is 17.8 Å². The van der Waals surface area contributed by atoms with Gasteiger partial charge in [0.05, 0.1) is 11.1 Å². The lowest BCUT2D eigenvalue weighted by Crippen LogP contribution is -2.26. The lowest BCUT2D eigenvalue weighted by molar-refractivity contribution is 0.260. The molecule has 0 saturated heterocycles. The normalized spacial score (nSPS) is 13.4. The predicted molar refractivity (Wildman–Crippen MR) is 45.2 cm³/mol. The van der Waals surface area contributed by atoms with Crippen molar-refractivity contribution < 1.29 is 9.52 Å². The van der Waals surface area contributed by atoms with Gasteiger partial charge in [-0.2, -0.15) is 0 Å². The van der Waals surface area contributed by atoms with E-state index in [1.807, 2.05) is 6.07 Å². The van der Waals surface area contributed by atoms with Crippen molar-refractivity contribution in [2.75, 3.05) is 6.61 Å². The molecule has 1 aromatic heterocycles. The van der Waals surface area contributed by atoms with Crippen molar-refractivity contribution in [2.45, 2.75) is 12.5 Å². The number of nitrogens with two attached hydrogens (primary N) is 1. The Bertz CT molecular complexity index is 224. The van der Waals surface area contributed by atoms with Gasteiger partial charge in [0.25, 0.3) is 0 Å². The highest BCUT2D eigenvalue weighted by atomic mass is 79.9. The maximum atomic E-state index is 8.62. The van der Waals surface area contributed by atoms with Crippen LogP contribution in [0.4, 0.5) is 0 Å². The minimum atomic E-state index is -0.229. The van der Waals surface area contributed by atoms with Gasteiger partial charge < -0.3 is 15.3 Å². The highest BCUT2D eigenvalue weighted by Crippen LogP contribution is 2.14. The number of hydrogen-bond donors (Lipinski definition) is 2. The molecule has 0 aliphatic heterocycles. The fourth-order valence-corrected chi connectivity index (χ4v) is 1.13. The highest BCUT2D eigenvalue weighted by Gasteiger charge is 2.05. The summed E-state index contributed by atoms with van der Waals surface area (Å²) in [5, 5.41) is 8.62. The van der Waals surface area contributed by atoms with E-state index >= 15 is 0 Å². The summed E-state index contributed by atoms with van der Waals surface area (Å²) in [5.41, 5.74) is 5.49. The molecule has 0 spiro atoms. The number of halogens is 1. The van der Waals surface area contributed by atoms with Gasteiger partial charge in [0.15, 0.2) is 0 Å². The molecule has 3 N–H and O–H groups in total. The van der Waals surface area contributed by atoms with E-state index < -0.39 is 0 Å². The third-order valence-corrected chi connectivity index (χ3v) is 1.74. The molecular weight excluding hydrogens is 210 g/mol. The first kappa shape index (κ1) is 8.77. The van der Waals surface area contributed by atoms with Crippen molar-refractivity contribution in [1.29, 1.82) is 0 Å². The van der Waals surface area contributed by atoms with E-state index in [2.05, 4.69) is 15.9 Å². The maximum Gasteiger partial charge on any atom is 0.106 e. The van der Waals surface area contributed by atoms with E-state index in [1.165, 1.54) is 0 Å². The molecule has 0 saturated carbocycles. The molecule has 1 unspecified atom stereocenters. The number of furan rings is 1. The molecule has 0 aliphatic carbocycles. The van der Waals surface area contributed by atoms with Crippen LogP contribution < -0.4 is 5.73 Å². The van der Waals surface area contributed by atoms with Crippen LogP contribution >= 0.6 is 15.9 Å². The zero-order valence-electron chi connectivity index (χ0n) is 5.96. The van der Waals surface area contributed by atoms with Gasteiger partial charge in [-0.25, -0.2) is 0 Å². The van der Waals surface area contributed by atoms with Gasteiger partial charge in [-0.15, -0.1) is 0 Å². The Hall–Kier alpha value is -0.320. The zero-order valence-corrected chi connectivity index (χ0v) is 7.54. The molecular formula is C7H10BrNO2. The van der Waals surface area contributed by atoms with Crippen LogP contribution in [0.25, 0.3) is 0 Å². The summed E-state index contributed by atoms with van der Waals surface area (Å²) >= 11 is 3.25. The number of hydrogen-bond acceptors (Lipinski definition) is 3. The monoisotopic (exact) mass is 219 g/mol. The summed E-state index contributed by atoms with van der Waals surface area (Å²) in [5.74, 6) is 0.790. The van der Waals surface area contributed by atoms with Crippen LogP contribution in [-0.2, 0) is 6.42 Å². The van der Waals surface area contributed by atoms with Gasteiger partial charge in [-0.3, -0.25) is 0 Å². The Kier molecular flexibility index (Phi) is 3.11. The van der Waals surface area contributed by atoms with Crippen molar-refractivity contribution >= 4 is 15.9 Å². The second-order valence-electron chi connectivity index (χ2n) is 2.38. The van der Waals surface area contributed by atoms with E-state index in [4.69, 9.17) is 15.3 Å². The fraction of sp³-hybridized carbons (Fsp3) is 0.429. The van der Waals surface area contributed by atoms with Crippen LogP contribution in [0.15, 0.2) is 21.2 Å². The first-order valence-electron chi connectivity index (χ1n) is 3.31. The van der Waals surface area contributed by atoms with E-state index in [0.717, 1.165) is 10.2 Å². The fourth-order valence-electron chi connectivity index (χ4n) is 0.784. The molecule has 0 amide bonds. The number of rotatable bonds is 3. The third kappa shape index (κ3) is 2.65. The predicted octanol–water partition coefficient (Wildman–Crippen LogP) is 0.904. The lowest BCUT2D eigenvalue weighted by Gasteiger charge is -2.03. The molecule has 62 valence electrons. The molecule has 0 fully saturated rings. The molecule has 0 bridgehead atoms. The van der Waals surface area contributed by atoms with Gasteiger partial charge in [0.2, 0.25) is 0 Å². The molecule has 1 aromatic rings. The minimum Gasteiger partial charge on any atom is -0.468 e. The quantitative estimate of drug-likeness (QED) is 0.795. The zero-order chi connectivity index (χ0) is 8.27. The lowest BCUT2D eigenvalue weighted by atomic mass is 10.2. The smallest absolute Gasteiger partial charge is 0.106 e. The minimum absolute atomic E-state index is 0.0156. The van der Waals surface area contributed by atoms with Crippen LogP contribution in [0.1, 0.15) is 5.76 Å². The first-order chi connectivity index (χ1) is 5.22. The van der Waals surface area contributed by atoms with Gasteiger partial charge in [-0.05, 0) is 22.0 Å². The van der Waals surface area contributed by atoms with Crippen molar-refractivity contribution in [3.8, 4) is 0 Å². The van der Waals surface area contributed by atoms with Gasteiger partial charge in [0, 0.05) is 12.5 Å². The summed E-state index contributed by atoms with van der Waals surface area (Å²) in [6, 6.07) is 1.61. The summed E-state index contributed by atoms with van der Waals surface area (Å²) in [6.07, 6.45) is 2.17. The van der Waals surface area contributed by atoms with Gasteiger partial charge in [-0.1, -0.05) is 0 Å². The van der Waals surface area contributed by atoms with Crippen molar-refractivity contribution in [3.05, 3.63) is 22.6 Å². The highest BCUT2D eigenvalue weighted by molar-refractivity contribution is 9.10. The van der Waals surface area contributed by atoms with Crippen LogP contribution in [0.5, 0.6) is 0 Å². The van der Waals surface area contributed by atoms with Crippen molar-refractivity contribution in [3.63, 3.8) is 0 Å². The summed E-state index contributed by atoms with van der Waals surface area (Å²) in [4.78, 5) is 0.